The average Bonchev–Trinajstić information content (AvgIpc) is 2.77. The van der Waals surface area contributed by atoms with Crippen molar-refractivity contribution in [1.82, 2.24) is 19.8 Å². The molecule has 2 amide bonds. The first-order chi connectivity index (χ1) is 14.5. The first-order valence-corrected chi connectivity index (χ1v) is 10.0. The highest BCUT2D eigenvalue weighted by molar-refractivity contribution is 5.89. The van der Waals surface area contributed by atoms with Gasteiger partial charge >= 0.3 is 6.03 Å². The molecule has 1 aromatic heterocycles. The number of hydrogen-bond donors (Lipinski definition) is 1. The number of piperazine rings is 2. The first-order valence-electron chi connectivity index (χ1n) is 10.0. The van der Waals surface area contributed by atoms with Gasteiger partial charge in [0.25, 0.3) is 0 Å². The lowest BCUT2D eigenvalue weighted by Crippen LogP contribution is -2.50. The quantitative estimate of drug-likeness (QED) is 0.823. The fourth-order valence-electron chi connectivity index (χ4n) is 3.64. The summed E-state index contributed by atoms with van der Waals surface area (Å²) in [4.78, 5) is 29.5. The highest BCUT2D eigenvalue weighted by atomic mass is 19.1. The molecule has 2 saturated heterocycles. The van der Waals surface area contributed by atoms with Crippen molar-refractivity contribution in [2.24, 2.45) is 0 Å². The Morgan fingerprint density at radius 3 is 2.13 bits per heavy atom. The van der Waals surface area contributed by atoms with Crippen molar-refractivity contribution in [1.29, 1.82) is 0 Å². The zero-order chi connectivity index (χ0) is 21.1. The number of benzene rings is 1. The van der Waals surface area contributed by atoms with Gasteiger partial charge in [-0.15, -0.1) is 0 Å². The third-order valence-corrected chi connectivity index (χ3v) is 5.53. The number of hydrogen-bond acceptors (Lipinski definition) is 6. The van der Waals surface area contributed by atoms with Gasteiger partial charge < -0.3 is 24.9 Å². The topological polar surface area (TPSA) is 67.8 Å². The van der Waals surface area contributed by atoms with Crippen LogP contribution in [0.2, 0.25) is 0 Å². The van der Waals surface area contributed by atoms with E-state index in [4.69, 9.17) is 0 Å². The van der Waals surface area contributed by atoms with E-state index in [9.17, 15) is 13.6 Å². The first kappa shape index (κ1) is 20.3. The van der Waals surface area contributed by atoms with Gasteiger partial charge in [-0.2, -0.15) is 0 Å². The Balaban J connectivity index is 1.35. The summed E-state index contributed by atoms with van der Waals surface area (Å²) in [5, 5.41) is 2.45. The SMILES string of the molecule is CN1CCN(c2cc(N3CCN(C(=O)Nc4cc(F)ccc4F)CC3)ncn2)CC1. The minimum absolute atomic E-state index is 0.157. The van der Waals surface area contributed by atoms with Gasteiger partial charge in [0.05, 0.1) is 5.69 Å². The number of rotatable bonds is 3. The standard InChI is InChI=1S/C20H25F2N7O/c1-26-4-6-27(7-5-26)18-13-19(24-14-23-18)28-8-10-29(11-9-28)20(30)25-17-12-15(21)2-3-16(17)22/h2-3,12-14H,4-11H2,1H3,(H,25,30). The summed E-state index contributed by atoms with van der Waals surface area (Å²) in [5.74, 6) is 0.474. The molecule has 2 aliphatic rings. The molecule has 2 fully saturated rings. The van der Waals surface area contributed by atoms with E-state index in [-0.39, 0.29) is 5.69 Å². The van der Waals surface area contributed by atoms with E-state index >= 15 is 0 Å². The normalized spacial score (nSPS) is 17.9. The van der Waals surface area contributed by atoms with Crippen LogP contribution in [0.3, 0.4) is 0 Å². The minimum Gasteiger partial charge on any atom is -0.354 e. The molecule has 8 nitrogen and oxygen atoms in total. The average molecular weight is 417 g/mol. The van der Waals surface area contributed by atoms with Crippen LogP contribution >= 0.6 is 0 Å². The molecule has 160 valence electrons. The zero-order valence-corrected chi connectivity index (χ0v) is 16.9. The van der Waals surface area contributed by atoms with E-state index in [0.717, 1.165) is 56.0 Å². The molecule has 30 heavy (non-hydrogen) atoms. The van der Waals surface area contributed by atoms with Crippen LogP contribution in [0.15, 0.2) is 30.6 Å². The van der Waals surface area contributed by atoms with Crippen molar-refractivity contribution in [2.45, 2.75) is 0 Å². The third kappa shape index (κ3) is 4.59. The van der Waals surface area contributed by atoms with Crippen molar-refractivity contribution in [3.05, 3.63) is 42.2 Å². The lowest BCUT2D eigenvalue weighted by Gasteiger charge is -2.36. The van der Waals surface area contributed by atoms with Crippen LogP contribution in [0.4, 0.5) is 30.9 Å². The number of carbonyl (C=O) groups excluding carboxylic acids is 1. The number of likely N-dealkylation sites (N-methyl/N-ethyl adjacent to an activating group) is 1. The van der Waals surface area contributed by atoms with Gasteiger partial charge in [-0.05, 0) is 19.2 Å². The number of carbonyl (C=O) groups is 1. The van der Waals surface area contributed by atoms with E-state index in [1.165, 1.54) is 0 Å². The Bertz CT molecular complexity index is 896. The summed E-state index contributed by atoms with van der Waals surface area (Å²) in [6, 6.07) is 4.53. The fourth-order valence-corrected chi connectivity index (χ4v) is 3.64. The van der Waals surface area contributed by atoms with Gasteiger partial charge in [0, 0.05) is 64.5 Å². The second kappa shape index (κ2) is 8.78. The molecular formula is C20H25F2N7O. The molecule has 0 spiro atoms. The summed E-state index contributed by atoms with van der Waals surface area (Å²) in [5.41, 5.74) is -0.157. The number of aromatic nitrogens is 2. The van der Waals surface area contributed by atoms with Crippen molar-refractivity contribution in [2.75, 3.05) is 74.5 Å². The third-order valence-electron chi connectivity index (χ3n) is 5.53. The molecule has 1 N–H and O–H groups in total. The number of halogens is 2. The van der Waals surface area contributed by atoms with Gasteiger partial charge in [0.2, 0.25) is 0 Å². The largest absolute Gasteiger partial charge is 0.354 e. The Kier molecular flexibility index (Phi) is 5.93. The van der Waals surface area contributed by atoms with Crippen LogP contribution < -0.4 is 15.1 Å². The Morgan fingerprint density at radius 2 is 1.50 bits per heavy atom. The maximum atomic E-state index is 13.8. The second-order valence-corrected chi connectivity index (χ2v) is 7.55. The van der Waals surface area contributed by atoms with Gasteiger partial charge in [0.1, 0.15) is 29.6 Å². The van der Waals surface area contributed by atoms with Gasteiger partial charge in [-0.1, -0.05) is 0 Å². The molecule has 0 aliphatic carbocycles. The highest BCUT2D eigenvalue weighted by Gasteiger charge is 2.24. The molecule has 10 heteroatoms. The molecule has 4 rings (SSSR count). The molecule has 0 bridgehead atoms. The van der Waals surface area contributed by atoms with Crippen molar-refractivity contribution in [3.63, 3.8) is 0 Å². The van der Waals surface area contributed by atoms with Crippen molar-refractivity contribution < 1.29 is 13.6 Å². The zero-order valence-electron chi connectivity index (χ0n) is 16.9. The molecular weight excluding hydrogens is 392 g/mol. The molecule has 0 saturated carbocycles. The molecule has 3 heterocycles. The predicted octanol–water partition coefficient (Wildman–Crippen LogP) is 1.86. The van der Waals surface area contributed by atoms with Crippen LogP contribution in [0.5, 0.6) is 0 Å². The monoisotopic (exact) mass is 417 g/mol. The minimum atomic E-state index is -0.666. The lowest BCUT2D eigenvalue weighted by molar-refractivity contribution is 0.208. The highest BCUT2D eigenvalue weighted by Crippen LogP contribution is 2.21. The molecule has 2 aliphatic heterocycles. The van der Waals surface area contributed by atoms with Crippen LogP contribution in [0.1, 0.15) is 0 Å². The molecule has 0 unspecified atom stereocenters. The van der Waals surface area contributed by atoms with Gasteiger partial charge in [-0.25, -0.2) is 23.5 Å². The number of amides is 2. The van der Waals surface area contributed by atoms with E-state index in [0.29, 0.717) is 26.2 Å². The fraction of sp³-hybridized carbons (Fsp3) is 0.450. The van der Waals surface area contributed by atoms with E-state index in [1.807, 2.05) is 6.07 Å². The van der Waals surface area contributed by atoms with Crippen LogP contribution in [-0.2, 0) is 0 Å². The molecule has 2 aromatic rings. The van der Waals surface area contributed by atoms with Crippen molar-refractivity contribution in [3.8, 4) is 0 Å². The van der Waals surface area contributed by atoms with Crippen LogP contribution in [-0.4, -0.2) is 85.2 Å². The van der Waals surface area contributed by atoms with Gasteiger partial charge in [0.15, 0.2) is 0 Å². The lowest BCUT2D eigenvalue weighted by atomic mass is 10.3. The summed E-state index contributed by atoms with van der Waals surface area (Å²) in [6.45, 7) is 5.96. The van der Waals surface area contributed by atoms with E-state index < -0.39 is 17.7 Å². The van der Waals surface area contributed by atoms with Gasteiger partial charge in [-0.3, -0.25) is 0 Å². The smallest absolute Gasteiger partial charge is 0.322 e. The maximum Gasteiger partial charge on any atom is 0.322 e. The predicted molar refractivity (Wildman–Crippen MR) is 111 cm³/mol. The summed E-state index contributed by atoms with van der Waals surface area (Å²) in [6.07, 6.45) is 1.58. The molecule has 1 aromatic carbocycles. The van der Waals surface area contributed by atoms with E-state index in [2.05, 4.69) is 37.0 Å². The summed E-state index contributed by atoms with van der Waals surface area (Å²) >= 11 is 0. The number of anilines is 3. The Morgan fingerprint density at radius 1 is 0.900 bits per heavy atom. The summed E-state index contributed by atoms with van der Waals surface area (Å²) < 4.78 is 27.1. The van der Waals surface area contributed by atoms with Crippen molar-refractivity contribution >= 4 is 23.4 Å². The Labute approximate surface area is 174 Å². The maximum absolute atomic E-state index is 13.8. The number of nitrogens with zero attached hydrogens (tertiary/aromatic N) is 6. The number of nitrogens with one attached hydrogen (secondary N) is 1. The van der Waals surface area contributed by atoms with E-state index in [1.54, 1.807) is 11.2 Å². The molecule has 0 atom stereocenters. The Hall–Kier alpha value is -3.01. The second-order valence-electron chi connectivity index (χ2n) is 7.55. The van der Waals surface area contributed by atoms with Crippen LogP contribution in [0, 0.1) is 11.6 Å². The number of urea groups is 1. The molecule has 0 radical (unpaired) electrons. The summed E-state index contributed by atoms with van der Waals surface area (Å²) in [7, 11) is 2.11. The van der Waals surface area contributed by atoms with Crippen LogP contribution in [0.25, 0.3) is 0 Å².